The lowest BCUT2D eigenvalue weighted by Gasteiger charge is -2.39. The highest BCUT2D eigenvalue weighted by Crippen LogP contribution is 2.38. The fourth-order valence-corrected chi connectivity index (χ4v) is 2.81. The number of hydrogen-bond acceptors (Lipinski definition) is 4. The summed E-state index contributed by atoms with van der Waals surface area (Å²) in [6.45, 7) is 5.53. The lowest BCUT2D eigenvalue weighted by atomic mass is 9.71. The fraction of sp³-hybridized carbons (Fsp3) is 0.412. The van der Waals surface area contributed by atoms with Crippen LogP contribution >= 0.6 is 15.9 Å². The molecule has 1 aliphatic rings. The van der Waals surface area contributed by atoms with Crippen LogP contribution in [0.4, 0.5) is 0 Å². The van der Waals surface area contributed by atoms with Gasteiger partial charge in [-0.1, -0.05) is 28.6 Å². The summed E-state index contributed by atoms with van der Waals surface area (Å²) in [7, 11) is 0. The van der Waals surface area contributed by atoms with E-state index in [1.807, 2.05) is 0 Å². The Hall–Kier alpha value is -1.62. The quantitative estimate of drug-likeness (QED) is 0.568. The average Bonchev–Trinajstić information content (AvgIpc) is 2.45. The van der Waals surface area contributed by atoms with Crippen LogP contribution in [0, 0.1) is 11.8 Å². The summed E-state index contributed by atoms with van der Waals surface area (Å²) < 4.78 is 11.5. The van der Waals surface area contributed by atoms with Gasteiger partial charge >= 0.3 is 11.9 Å². The van der Waals surface area contributed by atoms with Crippen LogP contribution in [-0.2, 0) is 14.3 Å². The van der Waals surface area contributed by atoms with Crippen molar-refractivity contribution in [3.05, 3.63) is 47.0 Å². The van der Waals surface area contributed by atoms with Crippen molar-refractivity contribution in [3.8, 4) is 0 Å². The second-order valence-electron chi connectivity index (χ2n) is 5.42. The van der Waals surface area contributed by atoms with Gasteiger partial charge in [-0.25, -0.2) is 4.79 Å². The Kier molecular flexibility index (Phi) is 5.77. The number of halogens is 1. The Bertz CT molecular complexity index is 552. The average molecular weight is 367 g/mol. The van der Waals surface area contributed by atoms with Crippen molar-refractivity contribution in [1.82, 2.24) is 0 Å². The number of esters is 2. The Balaban J connectivity index is 1.94. The monoisotopic (exact) mass is 366 g/mol. The molecule has 2 rings (SSSR count). The maximum atomic E-state index is 12.2. The molecule has 0 spiro atoms. The maximum Gasteiger partial charge on any atom is 0.338 e. The minimum absolute atomic E-state index is 0.163. The molecule has 22 heavy (non-hydrogen) atoms. The largest absolute Gasteiger partial charge is 0.466 e. The van der Waals surface area contributed by atoms with Crippen molar-refractivity contribution >= 4 is 27.9 Å². The first kappa shape index (κ1) is 16.7. The molecule has 0 saturated heterocycles. The first-order valence-electron chi connectivity index (χ1n) is 7.23. The summed E-state index contributed by atoms with van der Waals surface area (Å²) in [4.78, 5) is 23.1. The second-order valence-corrected chi connectivity index (χ2v) is 6.33. The molecule has 118 valence electrons. The minimum Gasteiger partial charge on any atom is -0.466 e. The van der Waals surface area contributed by atoms with Gasteiger partial charge in [0, 0.05) is 17.3 Å². The summed E-state index contributed by atoms with van der Waals surface area (Å²) in [6, 6.07) is 7.02. The van der Waals surface area contributed by atoms with E-state index in [1.54, 1.807) is 30.3 Å². The highest BCUT2D eigenvalue weighted by molar-refractivity contribution is 9.10. The molecule has 1 aromatic carbocycles. The van der Waals surface area contributed by atoms with Gasteiger partial charge in [-0.2, -0.15) is 0 Å². The van der Waals surface area contributed by atoms with Crippen LogP contribution in [-0.4, -0.2) is 24.6 Å². The molecule has 0 radical (unpaired) electrons. The van der Waals surface area contributed by atoms with Crippen LogP contribution in [0.3, 0.4) is 0 Å². The van der Waals surface area contributed by atoms with Gasteiger partial charge in [0.15, 0.2) is 0 Å². The van der Waals surface area contributed by atoms with Crippen molar-refractivity contribution in [2.75, 3.05) is 6.61 Å². The van der Waals surface area contributed by atoms with Crippen LogP contribution in [0.5, 0.6) is 0 Å². The molecule has 0 aromatic heterocycles. The summed E-state index contributed by atoms with van der Waals surface area (Å²) >= 11 is 3.33. The predicted octanol–water partition coefficient (Wildman–Crippen LogP) is 3.75. The van der Waals surface area contributed by atoms with E-state index in [1.165, 1.54) is 6.92 Å². The number of hydrogen-bond donors (Lipinski definition) is 0. The third-order valence-electron chi connectivity index (χ3n) is 3.95. The molecular weight excluding hydrogens is 348 g/mol. The first-order valence-corrected chi connectivity index (χ1v) is 8.03. The lowest BCUT2D eigenvalue weighted by molar-refractivity contribution is -0.145. The Morgan fingerprint density at radius 2 is 2.05 bits per heavy atom. The molecule has 0 unspecified atom stereocenters. The van der Waals surface area contributed by atoms with Crippen molar-refractivity contribution in [2.45, 2.75) is 25.9 Å². The molecule has 3 atom stereocenters. The molecule has 0 heterocycles. The van der Waals surface area contributed by atoms with Crippen LogP contribution < -0.4 is 0 Å². The summed E-state index contributed by atoms with van der Waals surface area (Å²) in [5, 5.41) is 0. The molecule has 1 saturated carbocycles. The van der Waals surface area contributed by atoms with Gasteiger partial charge in [-0.15, -0.1) is 0 Å². The molecule has 0 amide bonds. The normalized spacial score (nSPS) is 21.4. The van der Waals surface area contributed by atoms with Crippen molar-refractivity contribution < 1.29 is 19.1 Å². The predicted molar refractivity (Wildman–Crippen MR) is 86.4 cm³/mol. The maximum absolute atomic E-state index is 12.2. The molecule has 4 nitrogen and oxygen atoms in total. The van der Waals surface area contributed by atoms with Crippen molar-refractivity contribution in [3.63, 3.8) is 0 Å². The number of ether oxygens (including phenoxy) is 2. The molecule has 1 aromatic rings. The van der Waals surface area contributed by atoms with Gasteiger partial charge in [-0.05, 0) is 43.0 Å². The van der Waals surface area contributed by atoms with Crippen LogP contribution in [0.25, 0.3) is 0 Å². The third-order valence-corrected chi connectivity index (χ3v) is 4.48. The highest BCUT2D eigenvalue weighted by atomic mass is 79.9. The van der Waals surface area contributed by atoms with E-state index in [0.29, 0.717) is 12.2 Å². The van der Waals surface area contributed by atoms with Gasteiger partial charge in [-0.3, -0.25) is 4.79 Å². The lowest BCUT2D eigenvalue weighted by Crippen LogP contribution is -2.40. The topological polar surface area (TPSA) is 52.6 Å². The van der Waals surface area contributed by atoms with Crippen LogP contribution in [0.15, 0.2) is 41.4 Å². The third kappa shape index (κ3) is 4.19. The Morgan fingerprint density at radius 1 is 1.36 bits per heavy atom. The van der Waals surface area contributed by atoms with E-state index in [0.717, 1.165) is 17.3 Å². The Labute approximate surface area is 138 Å². The fourth-order valence-electron chi connectivity index (χ4n) is 2.55. The van der Waals surface area contributed by atoms with Gasteiger partial charge in [0.05, 0.1) is 12.2 Å². The van der Waals surface area contributed by atoms with Gasteiger partial charge in [0.25, 0.3) is 0 Å². The van der Waals surface area contributed by atoms with E-state index in [4.69, 9.17) is 9.47 Å². The molecule has 1 aliphatic carbocycles. The second kappa shape index (κ2) is 7.58. The molecule has 0 bridgehead atoms. The molecular formula is C17H19BrO4. The van der Waals surface area contributed by atoms with Crippen LogP contribution in [0.2, 0.25) is 0 Å². The Morgan fingerprint density at radius 3 is 2.55 bits per heavy atom. The highest BCUT2D eigenvalue weighted by Gasteiger charge is 2.38. The van der Waals surface area contributed by atoms with E-state index < -0.39 is 0 Å². The zero-order valence-corrected chi connectivity index (χ0v) is 14.0. The van der Waals surface area contributed by atoms with Gasteiger partial charge < -0.3 is 9.47 Å². The summed E-state index contributed by atoms with van der Waals surface area (Å²) in [5.74, 6) is -0.260. The zero-order chi connectivity index (χ0) is 16.1. The zero-order valence-electron chi connectivity index (χ0n) is 12.5. The number of rotatable bonds is 6. The minimum atomic E-state index is -0.365. The molecule has 0 aliphatic heterocycles. The number of carbonyl (C=O) groups is 2. The van der Waals surface area contributed by atoms with Crippen molar-refractivity contribution in [1.29, 1.82) is 0 Å². The standard InChI is InChI=1S/C17H19BrO4/c1-3-16(15-9-6-13(15)10-21-11(2)19)22-17(20)12-4-7-14(18)8-5-12/h3-5,7-8,13,15-16H,1,6,9-10H2,2H3/t13-,15+,16-/m0/s1. The van der Waals surface area contributed by atoms with E-state index in [9.17, 15) is 9.59 Å². The van der Waals surface area contributed by atoms with E-state index >= 15 is 0 Å². The summed E-state index contributed by atoms with van der Waals surface area (Å²) in [5.41, 5.74) is 0.505. The first-order chi connectivity index (χ1) is 10.5. The van der Waals surface area contributed by atoms with E-state index in [2.05, 4.69) is 22.5 Å². The molecule has 5 heteroatoms. The number of benzene rings is 1. The smallest absolute Gasteiger partial charge is 0.338 e. The van der Waals surface area contributed by atoms with Crippen molar-refractivity contribution in [2.24, 2.45) is 11.8 Å². The van der Waals surface area contributed by atoms with Crippen LogP contribution in [0.1, 0.15) is 30.1 Å². The number of carbonyl (C=O) groups excluding carboxylic acids is 2. The summed E-state index contributed by atoms with van der Waals surface area (Å²) in [6.07, 6.45) is 3.21. The van der Waals surface area contributed by atoms with E-state index in [-0.39, 0.29) is 29.9 Å². The van der Waals surface area contributed by atoms with Gasteiger partial charge in [0.2, 0.25) is 0 Å². The molecule has 1 fully saturated rings. The SMILES string of the molecule is C=C[C@H](OC(=O)c1ccc(Br)cc1)[C@@H]1CC[C@H]1COC(C)=O. The van der Waals surface area contributed by atoms with Gasteiger partial charge in [0.1, 0.15) is 6.10 Å². The molecule has 0 N–H and O–H groups in total.